The molecule has 116 valence electrons. The summed E-state index contributed by atoms with van der Waals surface area (Å²) in [5.41, 5.74) is 0.672. The van der Waals surface area contributed by atoms with Gasteiger partial charge in [0.2, 0.25) is 0 Å². The second-order valence-corrected chi connectivity index (χ2v) is 5.25. The fraction of sp³-hybridized carbons (Fsp3) is 0.500. The Kier molecular flexibility index (Phi) is 8.25. The molecule has 0 radical (unpaired) electrons. The molecule has 0 spiro atoms. The zero-order valence-corrected chi connectivity index (χ0v) is 13.2. The molecule has 1 aromatic carbocycles. The molecule has 0 fully saturated rings. The molecular weight excluding hydrogens is 262 g/mol. The summed E-state index contributed by atoms with van der Waals surface area (Å²) in [7, 11) is 0. The van der Waals surface area contributed by atoms with Gasteiger partial charge in [-0.1, -0.05) is 45.8 Å². The lowest BCUT2D eigenvalue weighted by Crippen LogP contribution is -2.29. The zero-order chi connectivity index (χ0) is 15.5. The van der Waals surface area contributed by atoms with E-state index in [0.717, 1.165) is 18.7 Å². The van der Waals surface area contributed by atoms with Crippen molar-refractivity contribution < 1.29 is 9.53 Å². The van der Waals surface area contributed by atoms with Crippen molar-refractivity contribution >= 4 is 5.91 Å². The van der Waals surface area contributed by atoms with E-state index in [4.69, 9.17) is 4.74 Å². The van der Waals surface area contributed by atoms with Gasteiger partial charge in [-0.25, -0.2) is 0 Å². The summed E-state index contributed by atoms with van der Waals surface area (Å²) < 4.78 is 5.40. The maximum Gasteiger partial charge on any atom is 0.251 e. The van der Waals surface area contributed by atoms with Gasteiger partial charge in [-0.15, -0.1) is 0 Å². The van der Waals surface area contributed by atoms with Crippen LogP contribution in [0.4, 0.5) is 0 Å². The van der Waals surface area contributed by atoms with Crippen LogP contribution in [-0.4, -0.2) is 19.1 Å². The monoisotopic (exact) mass is 289 g/mol. The van der Waals surface area contributed by atoms with Crippen molar-refractivity contribution in [1.82, 2.24) is 5.32 Å². The molecule has 0 aliphatic carbocycles. The first kappa shape index (κ1) is 17.3. The first-order valence-electron chi connectivity index (χ1n) is 7.83. The molecule has 1 atom stereocenters. The molecule has 0 bridgehead atoms. The molecule has 0 heterocycles. The van der Waals surface area contributed by atoms with Crippen molar-refractivity contribution in [2.75, 3.05) is 13.2 Å². The van der Waals surface area contributed by atoms with Gasteiger partial charge in [0.25, 0.3) is 5.91 Å². The van der Waals surface area contributed by atoms with Crippen molar-refractivity contribution in [3.63, 3.8) is 0 Å². The lowest BCUT2D eigenvalue weighted by atomic mass is 9.99. The average molecular weight is 289 g/mol. The molecule has 0 saturated carbocycles. The number of carbonyl (C=O) groups excluding carboxylic acids is 1. The van der Waals surface area contributed by atoms with Crippen LogP contribution >= 0.6 is 0 Å². The summed E-state index contributed by atoms with van der Waals surface area (Å²) in [6.07, 6.45) is 6.42. The van der Waals surface area contributed by atoms with E-state index in [2.05, 4.69) is 25.7 Å². The van der Waals surface area contributed by atoms with Crippen molar-refractivity contribution in [3.8, 4) is 5.75 Å². The Hall–Kier alpha value is -1.77. The summed E-state index contributed by atoms with van der Waals surface area (Å²) in [6, 6.07) is 7.21. The maximum absolute atomic E-state index is 12.1. The van der Waals surface area contributed by atoms with E-state index in [0.29, 0.717) is 18.1 Å². The van der Waals surface area contributed by atoms with Gasteiger partial charge in [0, 0.05) is 12.1 Å². The number of hydrogen-bond acceptors (Lipinski definition) is 2. The van der Waals surface area contributed by atoms with Crippen LogP contribution in [0, 0.1) is 5.92 Å². The van der Waals surface area contributed by atoms with Crippen molar-refractivity contribution in [2.24, 2.45) is 5.92 Å². The van der Waals surface area contributed by atoms with E-state index in [1.807, 2.05) is 12.1 Å². The third-order valence-electron chi connectivity index (χ3n) is 3.58. The highest BCUT2D eigenvalue weighted by molar-refractivity contribution is 5.94. The Bertz CT molecular complexity index is 425. The van der Waals surface area contributed by atoms with Gasteiger partial charge in [0.15, 0.2) is 0 Å². The fourth-order valence-corrected chi connectivity index (χ4v) is 2.14. The van der Waals surface area contributed by atoms with Crippen molar-refractivity contribution in [2.45, 2.75) is 39.5 Å². The molecule has 0 aliphatic rings. The third-order valence-corrected chi connectivity index (χ3v) is 3.58. The highest BCUT2D eigenvalue weighted by Crippen LogP contribution is 2.14. The third kappa shape index (κ3) is 6.48. The van der Waals surface area contributed by atoms with Gasteiger partial charge in [-0.3, -0.25) is 4.79 Å². The Morgan fingerprint density at radius 3 is 2.62 bits per heavy atom. The number of ether oxygens (including phenoxy) is 1. The first-order chi connectivity index (χ1) is 10.2. The molecule has 3 nitrogen and oxygen atoms in total. The molecule has 1 amide bonds. The van der Waals surface area contributed by atoms with E-state index in [1.165, 1.54) is 19.3 Å². The van der Waals surface area contributed by atoms with Crippen LogP contribution in [0.3, 0.4) is 0 Å². The molecule has 1 unspecified atom stereocenters. The van der Waals surface area contributed by atoms with Gasteiger partial charge in [-0.05, 0) is 36.6 Å². The molecule has 1 rings (SSSR count). The standard InChI is InChI=1S/C18H27NO2/c1-4-7-8-15(6-3)14-19-18(20)16-9-11-17(12-10-16)21-13-5-2/h5,9-12,15H,2,4,6-8,13-14H2,1,3H3,(H,19,20). The normalized spacial score (nSPS) is 11.7. The highest BCUT2D eigenvalue weighted by atomic mass is 16.5. The Labute approximate surface area is 128 Å². The van der Waals surface area contributed by atoms with Crippen molar-refractivity contribution in [1.29, 1.82) is 0 Å². The van der Waals surface area contributed by atoms with E-state index >= 15 is 0 Å². The first-order valence-corrected chi connectivity index (χ1v) is 7.83. The van der Waals surface area contributed by atoms with Crippen LogP contribution in [0.5, 0.6) is 5.75 Å². The number of carbonyl (C=O) groups is 1. The second kappa shape index (κ2) is 10.0. The van der Waals surface area contributed by atoms with E-state index < -0.39 is 0 Å². The van der Waals surface area contributed by atoms with Crippen LogP contribution in [0.25, 0.3) is 0 Å². The predicted octanol–water partition coefficient (Wildman–Crippen LogP) is 4.20. The van der Waals surface area contributed by atoms with Crippen molar-refractivity contribution in [3.05, 3.63) is 42.5 Å². The molecule has 21 heavy (non-hydrogen) atoms. The summed E-state index contributed by atoms with van der Waals surface area (Å²) in [6.45, 7) is 9.20. The minimum Gasteiger partial charge on any atom is -0.490 e. The van der Waals surface area contributed by atoms with Crippen LogP contribution in [0.15, 0.2) is 36.9 Å². The second-order valence-electron chi connectivity index (χ2n) is 5.25. The number of hydrogen-bond donors (Lipinski definition) is 1. The Morgan fingerprint density at radius 1 is 1.33 bits per heavy atom. The van der Waals surface area contributed by atoms with Crippen LogP contribution in [0.1, 0.15) is 49.9 Å². The smallest absolute Gasteiger partial charge is 0.251 e. The number of amides is 1. The van der Waals surface area contributed by atoms with E-state index in [-0.39, 0.29) is 5.91 Å². The highest BCUT2D eigenvalue weighted by Gasteiger charge is 2.10. The largest absolute Gasteiger partial charge is 0.490 e. The van der Waals surface area contributed by atoms with Crippen LogP contribution in [-0.2, 0) is 0 Å². The number of nitrogens with one attached hydrogen (secondary N) is 1. The summed E-state index contributed by atoms with van der Waals surface area (Å²) in [5, 5.41) is 3.03. The quantitative estimate of drug-likeness (QED) is 0.656. The fourth-order valence-electron chi connectivity index (χ4n) is 2.14. The van der Waals surface area contributed by atoms with Crippen LogP contribution in [0.2, 0.25) is 0 Å². The minimum absolute atomic E-state index is 0.0137. The summed E-state index contributed by atoms with van der Waals surface area (Å²) in [5.74, 6) is 1.31. The van der Waals surface area contributed by atoms with E-state index in [1.54, 1.807) is 18.2 Å². The number of rotatable bonds is 10. The van der Waals surface area contributed by atoms with Gasteiger partial charge in [0.1, 0.15) is 12.4 Å². The zero-order valence-electron chi connectivity index (χ0n) is 13.2. The van der Waals surface area contributed by atoms with Gasteiger partial charge in [0.05, 0.1) is 0 Å². The lowest BCUT2D eigenvalue weighted by molar-refractivity contribution is 0.0946. The van der Waals surface area contributed by atoms with Gasteiger partial charge < -0.3 is 10.1 Å². The maximum atomic E-state index is 12.1. The van der Waals surface area contributed by atoms with Crippen LogP contribution < -0.4 is 10.1 Å². The Morgan fingerprint density at radius 2 is 2.05 bits per heavy atom. The average Bonchev–Trinajstić information content (AvgIpc) is 2.53. The molecule has 1 aromatic rings. The molecule has 1 N–H and O–H groups in total. The summed E-state index contributed by atoms with van der Waals surface area (Å²) >= 11 is 0. The van der Waals surface area contributed by atoms with E-state index in [9.17, 15) is 4.79 Å². The molecule has 0 aromatic heterocycles. The summed E-state index contributed by atoms with van der Waals surface area (Å²) in [4.78, 5) is 12.1. The lowest BCUT2D eigenvalue weighted by Gasteiger charge is -2.15. The minimum atomic E-state index is -0.0137. The molecule has 0 aliphatic heterocycles. The van der Waals surface area contributed by atoms with Gasteiger partial charge >= 0.3 is 0 Å². The molecule has 0 saturated heterocycles. The SMILES string of the molecule is C=CCOc1ccc(C(=O)NCC(CC)CCCC)cc1. The number of benzene rings is 1. The molecular formula is C18H27NO2. The topological polar surface area (TPSA) is 38.3 Å². The van der Waals surface area contributed by atoms with Gasteiger partial charge in [-0.2, -0.15) is 0 Å². The Balaban J connectivity index is 2.45. The predicted molar refractivity (Wildman–Crippen MR) is 87.8 cm³/mol. The number of unbranched alkanes of at least 4 members (excludes halogenated alkanes) is 1. The molecule has 3 heteroatoms.